The van der Waals surface area contributed by atoms with E-state index in [9.17, 15) is 9.59 Å². The summed E-state index contributed by atoms with van der Waals surface area (Å²) in [7, 11) is 1.57. The van der Waals surface area contributed by atoms with Crippen molar-refractivity contribution in [1.29, 1.82) is 0 Å². The zero-order valence-electron chi connectivity index (χ0n) is 16.7. The summed E-state index contributed by atoms with van der Waals surface area (Å²) >= 11 is 0. The molecule has 8 heteroatoms. The lowest BCUT2D eigenvalue weighted by Gasteiger charge is -2.35. The molecule has 0 atom stereocenters. The Labute approximate surface area is 174 Å². The fourth-order valence-electron chi connectivity index (χ4n) is 3.44. The van der Waals surface area contributed by atoms with Gasteiger partial charge in [-0.05, 0) is 36.4 Å². The minimum atomic E-state index is -0.192. The van der Waals surface area contributed by atoms with Gasteiger partial charge < -0.3 is 19.9 Å². The molecule has 0 unspecified atom stereocenters. The summed E-state index contributed by atoms with van der Waals surface area (Å²) in [4.78, 5) is 29.0. The van der Waals surface area contributed by atoms with E-state index >= 15 is 0 Å². The summed E-state index contributed by atoms with van der Waals surface area (Å²) in [6.45, 7) is 1.88. The maximum Gasteiger partial charge on any atom is 0.322 e. The number of aromatic nitrogens is 2. The van der Waals surface area contributed by atoms with Gasteiger partial charge >= 0.3 is 6.03 Å². The molecule has 1 aromatic heterocycles. The Kier molecular flexibility index (Phi) is 5.65. The highest BCUT2D eigenvalue weighted by molar-refractivity contribution is 5.95. The molecule has 1 aliphatic heterocycles. The standard InChI is InChI=1S/C22H23N5O3/c1-30-18-7-4-6-17(16-18)21(28)25-12-14-26(15-13-25)22(29)24-19-8-2-3-9-20(19)27-11-5-10-23-27/h2-11,16H,12-15H2,1H3,(H,24,29). The number of hydrogen-bond donors (Lipinski definition) is 1. The number of benzene rings is 2. The van der Waals surface area contributed by atoms with Gasteiger partial charge in [-0.3, -0.25) is 4.79 Å². The normalized spacial score (nSPS) is 13.8. The van der Waals surface area contributed by atoms with Gasteiger partial charge in [0.15, 0.2) is 0 Å². The first-order chi connectivity index (χ1) is 14.7. The predicted octanol–water partition coefficient (Wildman–Crippen LogP) is 2.87. The van der Waals surface area contributed by atoms with Gasteiger partial charge in [0.05, 0.1) is 18.5 Å². The summed E-state index contributed by atoms with van der Waals surface area (Å²) in [5, 5.41) is 7.20. The Hall–Kier alpha value is -3.81. The van der Waals surface area contributed by atoms with Gasteiger partial charge in [-0.15, -0.1) is 0 Å². The monoisotopic (exact) mass is 405 g/mol. The number of carbonyl (C=O) groups is 2. The molecular formula is C22H23N5O3. The highest BCUT2D eigenvalue weighted by Crippen LogP contribution is 2.20. The molecule has 1 fully saturated rings. The van der Waals surface area contributed by atoms with Crippen LogP contribution in [0.15, 0.2) is 67.0 Å². The van der Waals surface area contributed by atoms with Crippen molar-refractivity contribution in [2.24, 2.45) is 0 Å². The van der Waals surface area contributed by atoms with Gasteiger partial charge in [0.2, 0.25) is 0 Å². The highest BCUT2D eigenvalue weighted by atomic mass is 16.5. The molecule has 0 aliphatic carbocycles. The maximum absolute atomic E-state index is 12.8. The first-order valence-corrected chi connectivity index (χ1v) is 9.74. The molecule has 0 bridgehead atoms. The summed E-state index contributed by atoms with van der Waals surface area (Å²) in [6.07, 6.45) is 3.52. The van der Waals surface area contributed by atoms with Crippen LogP contribution in [0.2, 0.25) is 0 Å². The molecule has 0 spiro atoms. The second kappa shape index (κ2) is 8.69. The van der Waals surface area contributed by atoms with Crippen LogP contribution < -0.4 is 10.1 Å². The lowest BCUT2D eigenvalue weighted by Crippen LogP contribution is -2.51. The molecule has 1 aliphatic rings. The predicted molar refractivity (Wildman–Crippen MR) is 113 cm³/mol. The van der Waals surface area contributed by atoms with Gasteiger partial charge in [0.1, 0.15) is 5.75 Å². The number of amides is 3. The smallest absolute Gasteiger partial charge is 0.322 e. The van der Waals surface area contributed by atoms with Crippen molar-refractivity contribution < 1.29 is 14.3 Å². The Morgan fingerprint density at radius 1 is 0.967 bits per heavy atom. The molecular weight excluding hydrogens is 382 g/mol. The lowest BCUT2D eigenvalue weighted by molar-refractivity contribution is 0.0671. The van der Waals surface area contributed by atoms with Crippen LogP contribution in [0, 0.1) is 0 Å². The number of urea groups is 1. The number of carbonyl (C=O) groups excluding carboxylic acids is 2. The number of anilines is 1. The Bertz CT molecular complexity index is 1030. The van der Waals surface area contributed by atoms with Crippen molar-refractivity contribution in [3.8, 4) is 11.4 Å². The van der Waals surface area contributed by atoms with Crippen molar-refractivity contribution in [3.63, 3.8) is 0 Å². The van der Waals surface area contributed by atoms with E-state index in [1.54, 1.807) is 52.1 Å². The number of hydrogen-bond acceptors (Lipinski definition) is 4. The average Bonchev–Trinajstić information content (AvgIpc) is 3.34. The SMILES string of the molecule is COc1cccc(C(=O)N2CCN(C(=O)Nc3ccccc3-n3cccn3)CC2)c1. The molecule has 154 valence electrons. The fraction of sp³-hybridized carbons (Fsp3) is 0.227. The molecule has 1 saturated heterocycles. The second-order valence-electron chi connectivity index (χ2n) is 6.91. The number of nitrogens with one attached hydrogen (secondary N) is 1. The van der Waals surface area contributed by atoms with E-state index in [0.717, 1.165) is 5.69 Å². The number of nitrogens with zero attached hydrogens (tertiary/aromatic N) is 4. The van der Waals surface area contributed by atoms with Crippen LogP contribution >= 0.6 is 0 Å². The third-order valence-electron chi connectivity index (χ3n) is 5.07. The van der Waals surface area contributed by atoms with Crippen molar-refractivity contribution in [2.45, 2.75) is 0 Å². The van der Waals surface area contributed by atoms with Gasteiger partial charge in [0.25, 0.3) is 5.91 Å². The first kappa shape index (κ1) is 19.5. The van der Waals surface area contributed by atoms with E-state index < -0.39 is 0 Å². The average molecular weight is 405 g/mol. The molecule has 8 nitrogen and oxygen atoms in total. The zero-order chi connectivity index (χ0) is 20.9. The van der Waals surface area contributed by atoms with E-state index in [0.29, 0.717) is 43.2 Å². The number of ether oxygens (including phenoxy) is 1. The van der Waals surface area contributed by atoms with Crippen molar-refractivity contribution in [3.05, 3.63) is 72.6 Å². The van der Waals surface area contributed by atoms with E-state index in [1.807, 2.05) is 36.5 Å². The number of methoxy groups -OCH3 is 1. The molecule has 0 radical (unpaired) electrons. The Morgan fingerprint density at radius 2 is 1.73 bits per heavy atom. The minimum absolute atomic E-state index is 0.0574. The van der Waals surface area contributed by atoms with Crippen LogP contribution in [-0.2, 0) is 0 Å². The van der Waals surface area contributed by atoms with Crippen LogP contribution in [0.5, 0.6) is 5.75 Å². The lowest BCUT2D eigenvalue weighted by atomic mass is 10.1. The van der Waals surface area contributed by atoms with Gasteiger partial charge in [-0.25, -0.2) is 9.48 Å². The largest absolute Gasteiger partial charge is 0.497 e. The summed E-state index contributed by atoms with van der Waals surface area (Å²) in [5.41, 5.74) is 2.06. The van der Waals surface area contributed by atoms with Crippen molar-refractivity contribution in [2.75, 3.05) is 38.6 Å². The number of para-hydroxylation sites is 2. The molecule has 30 heavy (non-hydrogen) atoms. The number of piperazine rings is 1. The Balaban J connectivity index is 1.38. The topological polar surface area (TPSA) is 79.7 Å². The molecule has 0 saturated carbocycles. The molecule has 2 aromatic carbocycles. The Morgan fingerprint density at radius 3 is 2.47 bits per heavy atom. The first-order valence-electron chi connectivity index (χ1n) is 9.74. The highest BCUT2D eigenvalue weighted by Gasteiger charge is 2.25. The third kappa shape index (κ3) is 4.12. The maximum atomic E-state index is 12.8. The van der Waals surface area contributed by atoms with Crippen molar-refractivity contribution >= 4 is 17.6 Å². The molecule has 4 rings (SSSR count). The number of rotatable bonds is 4. The summed E-state index contributed by atoms with van der Waals surface area (Å²) in [5.74, 6) is 0.590. The van der Waals surface area contributed by atoms with Crippen LogP contribution in [0.4, 0.5) is 10.5 Å². The summed E-state index contributed by atoms with van der Waals surface area (Å²) < 4.78 is 6.90. The zero-order valence-corrected chi connectivity index (χ0v) is 16.7. The quantitative estimate of drug-likeness (QED) is 0.724. The minimum Gasteiger partial charge on any atom is -0.497 e. The van der Waals surface area contributed by atoms with Gasteiger partial charge in [-0.1, -0.05) is 18.2 Å². The third-order valence-corrected chi connectivity index (χ3v) is 5.07. The van der Waals surface area contributed by atoms with Crippen LogP contribution in [0.25, 0.3) is 5.69 Å². The van der Waals surface area contributed by atoms with Gasteiger partial charge in [0, 0.05) is 44.1 Å². The molecule has 2 heterocycles. The second-order valence-corrected chi connectivity index (χ2v) is 6.91. The summed E-state index contributed by atoms with van der Waals surface area (Å²) in [6, 6.07) is 16.3. The fourth-order valence-corrected chi connectivity index (χ4v) is 3.44. The van der Waals surface area contributed by atoms with E-state index in [4.69, 9.17) is 4.74 Å². The molecule has 3 amide bonds. The van der Waals surface area contributed by atoms with Gasteiger partial charge in [-0.2, -0.15) is 5.10 Å². The van der Waals surface area contributed by atoms with E-state index in [1.165, 1.54) is 0 Å². The van der Waals surface area contributed by atoms with Crippen LogP contribution in [0.3, 0.4) is 0 Å². The van der Waals surface area contributed by atoms with Crippen molar-refractivity contribution in [1.82, 2.24) is 19.6 Å². The van der Waals surface area contributed by atoms with Crippen LogP contribution in [-0.4, -0.2) is 64.8 Å². The molecule has 3 aromatic rings. The van der Waals surface area contributed by atoms with E-state index in [-0.39, 0.29) is 11.9 Å². The van der Waals surface area contributed by atoms with E-state index in [2.05, 4.69) is 10.4 Å². The van der Waals surface area contributed by atoms with Crippen LogP contribution in [0.1, 0.15) is 10.4 Å². The molecule has 1 N–H and O–H groups in total.